The van der Waals surface area contributed by atoms with Crippen LogP contribution in [0.5, 0.6) is 0 Å². The molecule has 0 bridgehead atoms. The van der Waals surface area contributed by atoms with Crippen molar-refractivity contribution in [3.8, 4) is 0 Å². The molecular weight excluding hydrogens is 282 g/mol. The number of nitrogens with one attached hydrogen (secondary N) is 1. The molecule has 1 aliphatic carbocycles. The van der Waals surface area contributed by atoms with Gasteiger partial charge in [-0.2, -0.15) is 0 Å². The van der Waals surface area contributed by atoms with E-state index in [2.05, 4.69) is 17.9 Å². The van der Waals surface area contributed by atoms with Gasteiger partial charge in [-0.25, -0.2) is 0 Å². The molecule has 2 unspecified atom stereocenters. The zero-order valence-corrected chi connectivity index (χ0v) is 12.3. The predicted molar refractivity (Wildman–Crippen MR) is 79.0 cm³/mol. The summed E-state index contributed by atoms with van der Waals surface area (Å²) in [5.74, 6) is 0.503. The first-order valence-electron chi connectivity index (χ1n) is 6.49. The number of aliphatic hydroxyl groups excluding tert-OH is 1. The summed E-state index contributed by atoms with van der Waals surface area (Å²) in [7, 11) is 0. The van der Waals surface area contributed by atoms with Gasteiger partial charge in [-0.05, 0) is 42.9 Å². The maximum absolute atomic E-state index is 12.1. The summed E-state index contributed by atoms with van der Waals surface area (Å²) in [6.45, 7) is 0.796. The lowest BCUT2D eigenvalue weighted by Crippen LogP contribution is -2.31. The van der Waals surface area contributed by atoms with Crippen LogP contribution in [0.25, 0.3) is 0 Å². The predicted octanol–water partition coefficient (Wildman–Crippen LogP) is 2.77. The lowest BCUT2D eigenvalue weighted by Gasteiger charge is -2.18. The zero-order valence-electron chi connectivity index (χ0n) is 10.6. The van der Waals surface area contributed by atoms with Crippen LogP contribution in [-0.4, -0.2) is 24.2 Å². The second-order valence-corrected chi connectivity index (χ2v) is 5.93. The number of hydrogen-bond donors (Lipinski definition) is 3. The van der Waals surface area contributed by atoms with E-state index in [-0.39, 0.29) is 12.5 Å². The van der Waals surface area contributed by atoms with Crippen molar-refractivity contribution in [2.24, 2.45) is 11.8 Å². The van der Waals surface area contributed by atoms with Crippen molar-refractivity contribution < 1.29 is 9.90 Å². The lowest BCUT2D eigenvalue weighted by atomic mass is 9.97. The van der Waals surface area contributed by atoms with Gasteiger partial charge in [-0.1, -0.05) is 18.0 Å². The van der Waals surface area contributed by atoms with Gasteiger partial charge in [-0.15, -0.1) is 12.6 Å². The van der Waals surface area contributed by atoms with Crippen molar-refractivity contribution in [2.75, 3.05) is 13.2 Å². The molecule has 3 nitrogen and oxygen atoms in total. The highest BCUT2D eigenvalue weighted by molar-refractivity contribution is 7.80. The number of rotatable bonds is 4. The molecule has 1 aromatic carbocycles. The maximum Gasteiger partial charge on any atom is 0.252 e. The molecule has 104 valence electrons. The highest BCUT2D eigenvalue weighted by Crippen LogP contribution is 2.30. The molecule has 0 aliphatic heterocycles. The van der Waals surface area contributed by atoms with Crippen LogP contribution >= 0.6 is 24.2 Å². The number of carbonyl (C=O) groups is 1. The van der Waals surface area contributed by atoms with Crippen molar-refractivity contribution in [3.05, 3.63) is 28.8 Å². The summed E-state index contributed by atoms with van der Waals surface area (Å²) < 4.78 is 0. The van der Waals surface area contributed by atoms with E-state index in [1.165, 1.54) is 0 Å². The van der Waals surface area contributed by atoms with Crippen molar-refractivity contribution in [1.82, 2.24) is 5.32 Å². The molecular formula is C14H18ClNO2S. The number of benzene rings is 1. The van der Waals surface area contributed by atoms with Crippen LogP contribution in [0.1, 0.15) is 29.6 Å². The molecule has 0 saturated heterocycles. The number of halogens is 1. The Morgan fingerprint density at radius 2 is 2.16 bits per heavy atom. The summed E-state index contributed by atoms with van der Waals surface area (Å²) in [6, 6.07) is 5.09. The Balaban J connectivity index is 1.96. The molecule has 1 aromatic rings. The minimum absolute atomic E-state index is 0.176. The van der Waals surface area contributed by atoms with E-state index in [1.54, 1.807) is 18.2 Å². The summed E-state index contributed by atoms with van der Waals surface area (Å²) in [6.07, 6.45) is 3.23. The normalized spacial score (nSPS) is 22.5. The maximum atomic E-state index is 12.1. The first-order chi connectivity index (χ1) is 9.11. The molecule has 0 radical (unpaired) electrons. The molecule has 2 atom stereocenters. The molecule has 1 saturated carbocycles. The van der Waals surface area contributed by atoms with E-state index in [1.807, 2.05) is 0 Å². The Labute approximate surface area is 123 Å². The monoisotopic (exact) mass is 299 g/mol. The van der Waals surface area contributed by atoms with Gasteiger partial charge in [0.2, 0.25) is 0 Å². The standard InChI is InChI=1S/C14H18ClNO2S/c15-13-5-4-11(19)6-12(13)14(18)16-7-9-2-1-3-10(9)8-17/h4-6,9-10,17,19H,1-3,7-8H2,(H,16,18). The third kappa shape index (κ3) is 3.65. The van der Waals surface area contributed by atoms with Crippen molar-refractivity contribution >= 4 is 30.1 Å². The molecule has 5 heteroatoms. The van der Waals surface area contributed by atoms with Crippen molar-refractivity contribution in [3.63, 3.8) is 0 Å². The Morgan fingerprint density at radius 3 is 2.89 bits per heavy atom. The van der Waals surface area contributed by atoms with Crippen molar-refractivity contribution in [1.29, 1.82) is 0 Å². The second kappa shape index (κ2) is 6.64. The van der Waals surface area contributed by atoms with Gasteiger partial charge in [0, 0.05) is 18.0 Å². The minimum atomic E-state index is -0.176. The first kappa shape index (κ1) is 14.7. The Morgan fingerprint density at radius 1 is 1.42 bits per heavy atom. The lowest BCUT2D eigenvalue weighted by molar-refractivity contribution is 0.0937. The summed E-state index contributed by atoms with van der Waals surface area (Å²) >= 11 is 10.2. The number of hydrogen-bond acceptors (Lipinski definition) is 3. The van der Waals surface area contributed by atoms with Gasteiger partial charge in [0.1, 0.15) is 0 Å². The second-order valence-electron chi connectivity index (χ2n) is 5.01. The average molecular weight is 300 g/mol. The van der Waals surface area contributed by atoms with Crippen LogP contribution in [0.2, 0.25) is 5.02 Å². The first-order valence-corrected chi connectivity index (χ1v) is 7.32. The van der Waals surface area contributed by atoms with Gasteiger partial charge >= 0.3 is 0 Å². The van der Waals surface area contributed by atoms with Gasteiger partial charge < -0.3 is 10.4 Å². The third-order valence-corrected chi connectivity index (χ3v) is 4.38. The van der Waals surface area contributed by atoms with E-state index in [9.17, 15) is 9.90 Å². The molecule has 1 amide bonds. The van der Waals surface area contributed by atoms with Gasteiger partial charge in [0.25, 0.3) is 5.91 Å². The quantitative estimate of drug-likeness (QED) is 0.749. The fourth-order valence-corrected chi connectivity index (χ4v) is 3.04. The Hall–Kier alpha value is -0.710. The molecule has 0 heterocycles. The van der Waals surface area contributed by atoms with Gasteiger partial charge in [0.05, 0.1) is 10.6 Å². The fraction of sp³-hybridized carbons (Fsp3) is 0.500. The minimum Gasteiger partial charge on any atom is -0.396 e. The highest BCUT2D eigenvalue weighted by atomic mass is 35.5. The van der Waals surface area contributed by atoms with Gasteiger partial charge in [0.15, 0.2) is 0 Å². The van der Waals surface area contributed by atoms with Crippen LogP contribution in [0.15, 0.2) is 23.1 Å². The van der Waals surface area contributed by atoms with Crippen LogP contribution < -0.4 is 5.32 Å². The number of thiol groups is 1. The van der Waals surface area contributed by atoms with Crippen LogP contribution in [0.4, 0.5) is 0 Å². The highest BCUT2D eigenvalue weighted by Gasteiger charge is 2.27. The molecule has 1 fully saturated rings. The smallest absolute Gasteiger partial charge is 0.252 e. The van der Waals surface area contributed by atoms with Crippen LogP contribution in [0.3, 0.4) is 0 Å². The number of amides is 1. The van der Waals surface area contributed by atoms with Crippen LogP contribution in [-0.2, 0) is 0 Å². The van der Waals surface area contributed by atoms with E-state index in [0.717, 1.165) is 19.3 Å². The average Bonchev–Trinajstić information content (AvgIpc) is 2.86. The molecule has 0 spiro atoms. The number of aliphatic hydroxyl groups is 1. The van der Waals surface area contributed by atoms with Gasteiger partial charge in [-0.3, -0.25) is 4.79 Å². The SMILES string of the molecule is O=C(NCC1CCCC1CO)c1cc(S)ccc1Cl. The van der Waals surface area contributed by atoms with Crippen LogP contribution in [0, 0.1) is 11.8 Å². The largest absolute Gasteiger partial charge is 0.396 e. The molecule has 0 aromatic heterocycles. The fourth-order valence-electron chi connectivity index (χ4n) is 2.63. The molecule has 2 rings (SSSR count). The van der Waals surface area contributed by atoms with E-state index >= 15 is 0 Å². The third-order valence-electron chi connectivity index (χ3n) is 3.77. The molecule has 2 N–H and O–H groups in total. The van der Waals surface area contributed by atoms with Crippen molar-refractivity contribution in [2.45, 2.75) is 24.2 Å². The zero-order chi connectivity index (χ0) is 13.8. The summed E-state index contributed by atoms with van der Waals surface area (Å²) in [5, 5.41) is 12.6. The van der Waals surface area contributed by atoms with E-state index in [4.69, 9.17) is 11.6 Å². The Bertz CT molecular complexity index is 467. The summed E-state index contributed by atoms with van der Waals surface area (Å²) in [5.41, 5.74) is 0.452. The summed E-state index contributed by atoms with van der Waals surface area (Å²) in [4.78, 5) is 12.8. The molecule has 19 heavy (non-hydrogen) atoms. The topological polar surface area (TPSA) is 49.3 Å². The Kier molecular flexibility index (Phi) is 5.13. The number of carbonyl (C=O) groups excluding carboxylic acids is 1. The molecule has 1 aliphatic rings. The van der Waals surface area contributed by atoms with E-state index < -0.39 is 0 Å². The van der Waals surface area contributed by atoms with E-state index in [0.29, 0.717) is 33.9 Å².